The average Bonchev–Trinajstić information content (AvgIpc) is 2.64. The van der Waals surface area contributed by atoms with Crippen LogP contribution in [0.25, 0.3) is 11.3 Å². The number of hydrogen-bond acceptors (Lipinski definition) is 2. The predicted octanol–water partition coefficient (Wildman–Crippen LogP) is 3.39. The van der Waals surface area contributed by atoms with Crippen molar-refractivity contribution in [2.24, 2.45) is 0 Å². The predicted molar refractivity (Wildman–Crippen MR) is 74.8 cm³/mol. The van der Waals surface area contributed by atoms with Gasteiger partial charge in [0.2, 0.25) is 0 Å². The molecule has 1 aromatic carbocycles. The Labute approximate surface area is 108 Å². The van der Waals surface area contributed by atoms with Gasteiger partial charge in [0.15, 0.2) is 5.82 Å². The minimum atomic E-state index is 0.413. The Morgan fingerprint density at radius 1 is 1.22 bits per heavy atom. The maximum atomic E-state index is 4.44. The lowest BCUT2D eigenvalue weighted by molar-refractivity contribution is 0.825. The van der Waals surface area contributed by atoms with Crippen LogP contribution >= 0.6 is 0 Å². The number of benzene rings is 1. The number of nitrogens with one attached hydrogen (secondary N) is 2. The Morgan fingerprint density at radius 3 is 2.89 bits per heavy atom. The maximum absolute atomic E-state index is 4.44. The molecule has 0 aliphatic heterocycles. The fourth-order valence-corrected chi connectivity index (χ4v) is 2.66. The Morgan fingerprint density at radius 2 is 2.06 bits per heavy atom. The van der Waals surface area contributed by atoms with Crippen molar-refractivity contribution in [2.45, 2.75) is 39.2 Å². The summed E-state index contributed by atoms with van der Waals surface area (Å²) >= 11 is 0. The van der Waals surface area contributed by atoms with Gasteiger partial charge < -0.3 is 5.32 Å². The van der Waals surface area contributed by atoms with E-state index in [9.17, 15) is 0 Å². The number of aromatic nitrogens is 2. The van der Waals surface area contributed by atoms with E-state index in [4.69, 9.17) is 0 Å². The zero-order valence-corrected chi connectivity index (χ0v) is 11.0. The molecule has 0 amide bonds. The van der Waals surface area contributed by atoms with E-state index in [2.05, 4.69) is 53.6 Å². The molecule has 0 unspecified atom stereocenters. The van der Waals surface area contributed by atoms with Crippen molar-refractivity contribution in [2.75, 3.05) is 5.32 Å². The van der Waals surface area contributed by atoms with Gasteiger partial charge in [-0.05, 0) is 38.7 Å². The van der Waals surface area contributed by atoms with Gasteiger partial charge in [-0.25, -0.2) is 0 Å². The molecule has 94 valence electrons. The van der Waals surface area contributed by atoms with Crippen molar-refractivity contribution in [1.29, 1.82) is 0 Å². The van der Waals surface area contributed by atoms with E-state index >= 15 is 0 Å². The van der Waals surface area contributed by atoms with Crippen LogP contribution in [0.15, 0.2) is 24.3 Å². The van der Waals surface area contributed by atoms with E-state index in [0.717, 1.165) is 18.7 Å². The normalized spacial score (nSPS) is 13.9. The number of H-pyrrole nitrogens is 1. The molecule has 1 heterocycles. The van der Waals surface area contributed by atoms with Crippen LogP contribution in [-0.2, 0) is 12.8 Å². The SMILES string of the molecule is CC(C)Nc1n[nH]c2c1CCCc1ccccc1-2. The zero-order chi connectivity index (χ0) is 12.5. The number of hydrogen-bond donors (Lipinski definition) is 2. The molecule has 0 bridgehead atoms. The topological polar surface area (TPSA) is 40.7 Å². The minimum Gasteiger partial charge on any atom is -0.366 e. The van der Waals surface area contributed by atoms with E-state index in [-0.39, 0.29) is 0 Å². The molecule has 0 fully saturated rings. The van der Waals surface area contributed by atoms with E-state index in [0.29, 0.717) is 6.04 Å². The number of fused-ring (bicyclic) bond motifs is 3. The van der Waals surface area contributed by atoms with E-state index in [1.165, 1.54) is 28.8 Å². The maximum Gasteiger partial charge on any atom is 0.151 e. The second-order valence-corrected chi connectivity index (χ2v) is 5.24. The van der Waals surface area contributed by atoms with Crippen LogP contribution in [0, 0.1) is 0 Å². The van der Waals surface area contributed by atoms with Gasteiger partial charge in [0.05, 0.1) is 5.69 Å². The number of aromatic amines is 1. The lowest BCUT2D eigenvalue weighted by atomic mass is 10.0. The molecule has 3 nitrogen and oxygen atoms in total. The zero-order valence-electron chi connectivity index (χ0n) is 11.0. The molecular formula is C15H19N3. The van der Waals surface area contributed by atoms with Gasteiger partial charge in [-0.15, -0.1) is 0 Å². The molecule has 18 heavy (non-hydrogen) atoms. The number of anilines is 1. The second kappa shape index (κ2) is 4.48. The molecule has 1 aromatic heterocycles. The van der Waals surface area contributed by atoms with Gasteiger partial charge in [-0.3, -0.25) is 5.10 Å². The number of aryl methyl sites for hydroxylation is 1. The van der Waals surface area contributed by atoms with Crippen LogP contribution in [0.1, 0.15) is 31.4 Å². The van der Waals surface area contributed by atoms with Gasteiger partial charge in [0, 0.05) is 17.2 Å². The standard InChI is InChI=1S/C15H19N3/c1-10(2)16-15-13-9-5-7-11-6-3-4-8-12(11)14(13)17-18-15/h3-4,6,8,10H,5,7,9H2,1-2H3,(H2,16,17,18). The second-order valence-electron chi connectivity index (χ2n) is 5.24. The lowest BCUT2D eigenvalue weighted by Crippen LogP contribution is -2.11. The summed E-state index contributed by atoms with van der Waals surface area (Å²) in [5.74, 6) is 1.02. The van der Waals surface area contributed by atoms with Crippen molar-refractivity contribution in [3.63, 3.8) is 0 Å². The highest BCUT2D eigenvalue weighted by Gasteiger charge is 2.19. The third-order valence-corrected chi connectivity index (χ3v) is 3.45. The first kappa shape index (κ1) is 11.3. The Balaban J connectivity index is 2.09. The fraction of sp³-hybridized carbons (Fsp3) is 0.400. The number of nitrogens with zero attached hydrogens (tertiary/aromatic N) is 1. The molecule has 0 atom stereocenters. The van der Waals surface area contributed by atoms with Crippen molar-refractivity contribution in [3.05, 3.63) is 35.4 Å². The van der Waals surface area contributed by atoms with Crippen LogP contribution in [0.2, 0.25) is 0 Å². The molecule has 0 spiro atoms. The van der Waals surface area contributed by atoms with Crippen LogP contribution in [0.5, 0.6) is 0 Å². The summed E-state index contributed by atoms with van der Waals surface area (Å²) in [5.41, 5.74) is 5.28. The van der Waals surface area contributed by atoms with Crippen molar-refractivity contribution in [1.82, 2.24) is 10.2 Å². The van der Waals surface area contributed by atoms with Crippen LogP contribution < -0.4 is 5.32 Å². The number of rotatable bonds is 2. The lowest BCUT2D eigenvalue weighted by Gasteiger charge is -2.08. The quantitative estimate of drug-likeness (QED) is 0.846. The fourth-order valence-electron chi connectivity index (χ4n) is 2.66. The van der Waals surface area contributed by atoms with Crippen LogP contribution in [0.3, 0.4) is 0 Å². The monoisotopic (exact) mass is 241 g/mol. The molecule has 0 saturated heterocycles. The molecular weight excluding hydrogens is 222 g/mol. The highest BCUT2D eigenvalue weighted by molar-refractivity contribution is 5.72. The minimum absolute atomic E-state index is 0.413. The van der Waals surface area contributed by atoms with Gasteiger partial charge >= 0.3 is 0 Å². The molecule has 3 heteroatoms. The smallest absolute Gasteiger partial charge is 0.151 e. The van der Waals surface area contributed by atoms with Crippen LogP contribution in [0.4, 0.5) is 5.82 Å². The first-order valence-electron chi connectivity index (χ1n) is 6.68. The van der Waals surface area contributed by atoms with Crippen molar-refractivity contribution < 1.29 is 0 Å². The van der Waals surface area contributed by atoms with Gasteiger partial charge in [0.1, 0.15) is 0 Å². The Kier molecular flexibility index (Phi) is 2.82. The van der Waals surface area contributed by atoms with E-state index in [1.807, 2.05) is 0 Å². The van der Waals surface area contributed by atoms with E-state index < -0.39 is 0 Å². The van der Waals surface area contributed by atoms with Crippen LogP contribution in [-0.4, -0.2) is 16.2 Å². The summed E-state index contributed by atoms with van der Waals surface area (Å²) < 4.78 is 0. The molecule has 3 rings (SSSR count). The molecule has 1 aliphatic rings. The summed E-state index contributed by atoms with van der Waals surface area (Å²) in [6, 6.07) is 9.05. The van der Waals surface area contributed by atoms with Crippen molar-refractivity contribution in [3.8, 4) is 11.3 Å². The highest BCUT2D eigenvalue weighted by Crippen LogP contribution is 2.34. The highest BCUT2D eigenvalue weighted by atomic mass is 15.2. The van der Waals surface area contributed by atoms with Gasteiger partial charge in [-0.1, -0.05) is 24.3 Å². The van der Waals surface area contributed by atoms with Gasteiger partial charge in [-0.2, -0.15) is 5.10 Å². The third-order valence-electron chi connectivity index (χ3n) is 3.45. The summed E-state index contributed by atoms with van der Waals surface area (Å²) in [5, 5.41) is 11.1. The first-order chi connectivity index (χ1) is 8.75. The summed E-state index contributed by atoms with van der Waals surface area (Å²) in [6.45, 7) is 4.29. The summed E-state index contributed by atoms with van der Waals surface area (Å²) in [4.78, 5) is 0. The summed E-state index contributed by atoms with van der Waals surface area (Å²) in [6.07, 6.45) is 3.44. The molecule has 0 radical (unpaired) electrons. The molecule has 2 N–H and O–H groups in total. The van der Waals surface area contributed by atoms with Gasteiger partial charge in [0.25, 0.3) is 0 Å². The van der Waals surface area contributed by atoms with E-state index in [1.54, 1.807) is 0 Å². The molecule has 0 saturated carbocycles. The molecule has 2 aromatic rings. The molecule has 1 aliphatic carbocycles. The van der Waals surface area contributed by atoms with Crippen molar-refractivity contribution >= 4 is 5.82 Å². The third kappa shape index (κ3) is 1.90. The largest absolute Gasteiger partial charge is 0.366 e. The Hall–Kier alpha value is -1.77. The average molecular weight is 241 g/mol. The summed E-state index contributed by atoms with van der Waals surface area (Å²) in [7, 11) is 0. The first-order valence-corrected chi connectivity index (χ1v) is 6.68. The Bertz CT molecular complexity index is 555.